The zero-order valence-electron chi connectivity index (χ0n) is 13.7. The molecule has 122 valence electrons. The molecule has 0 aliphatic heterocycles. The van der Waals surface area contributed by atoms with Crippen molar-refractivity contribution in [2.24, 2.45) is 7.05 Å². The van der Waals surface area contributed by atoms with Crippen LogP contribution in [-0.2, 0) is 7.05 Å². The number of ether oxygens (including phenoxy) is 2. The highest BCUT2D eigenvalue weighted by Crippen LogP contribution is 2.30. The van der Waals surface area contributed by atoms with Crippen molar-refractivity contribution in [1.29, 1.82) is 10.5 Å². The van der Waals surface area contributed by atoms with Crippen LogP contribution < -0.4 is 24.2 Å². The van der Waals surface area contributed by atoms with Crippen LogP contribution in [0.2, 0.25) is 0 Å². The van der Waals surface area contributed by atoms with E-state index < -0.39 is 0 Å². The fraction of sp³-hybridized carbons (Fsp3) is 0.235. The van der Waals surface area contributed by atoms with Crippen LogP contribution in [0.1, 0.15) is 11.1 Å². The predicted octanol–water partition coefficient (Wildman–Crippen LogP) is 0.799. The van der Waals surface area contributed by atoms with Crippen LogP contribution in [0.4, 0.5) is 0 Å². The third kappa shape index (κ3) is 3.03. The lowest BCUT2D eigenvalue weighted by Crippen LogP contribution is -2.29. The van der Waals surface area contributed by atoms with E-state index in [1.807, 2.05) is 25.1 Å². The Labute approximate surface area is 142 Å². The zero-order valence-corrected chi connectivity index (χ0v) is 14.5. The number of benzene rings is 1. The van der Waals surface area contributed by atoms with Crippen LogP contribution in [0.25, 0.3) is 11.6 Å². The number of aryl methyl sites for hydroxylation is 1. The molecule has 0 aliphatic rings. The van der Waals surface area contributed by atoms with Crippen LogP contribution in [0, 0.1) is 29.6 Å². The van der Waals surface area contributed by atoms with E-state index in [2.05, 4.69) is 0 Å². The number of nitriles is 2. The quantitative estimate of drug-likeness (QED) is 0.824. The van der Waals surface area contributed by atoms with Gasteiger partial charge in [-0.3, -0.25) is 4.79 Å². The minimum Gasteiger partial charge on any atom is -0.493 e. The average molecular weight is 341 g/mol. The second-order valence-corrected chi connectivity index (χ2v) is 5.97. The molecule has 0 fully saturated rings. The van der Waals surface area contributed by atoms with Crippen LogP contribution in [0.5, 0.6) is 11.5 Å². The van der Waals surface area contributed by atoms with Gasteiger partial charge in [-0.1, -0.05) is 0 Å². The van der Waals surface area contributed by atoms with Gasteiger partial charge in [0, 0.05) is 7.05 Å². The SMILES string of the molecule is COc1cc(C)c(C=c2sc(=C(C#N)C#N)n(C)c2=O)cc1OC. The minimum atomic E-state index is -0.257. The summed E-state index contributed by atoms with van der Waals surface area (Å²) >= 11 is 1.11. The Kier molecular flexibility index (Phi) is 5.08. The molecule has 0 atom stereocenters. The number of aromatic nitrogens is 1. The van der Waals surface area contributed by atoms with Crippen molar-refractivity contribution in [3.8, 4) is 23.6 Å². The van der Waals surface area contributed by atoms with Gasteiger partial charge in [0.25, 0.3) is 5.56 Å². The molecule has 0 saturated carbocycles. The van der Waals surface area contributed by atoms with Crippen molar-refractivity contribution in [3.05, 3.63) is 42.8 Å². The molecule has 0 bridgehead atoms. The molecule has 1 aromatic carbocycles. The molecular weight excluding hydrogens is 326 g/mol. The van der Waals surface area contributed by atoms with Gasteiger partial charge in [0.2, 0.25) is 0 Å². The molecule has 0 amide bonds. The summed E-state index contributed by atoms with van der Waals surface area (Å²) in [4.78, 5) is 12.4. The molecular formula is C17H15N3O3S. The van der Waals surface area contributed by atoms with E-state index in [1.54, 1.807) is 33.4 Å². The largest absolute Gasteiger partial charge is 0.493 e. The number of rotatable bonds is 3. The average Bonchev–Trinajstić information content (AvgIpc) is 2.86. The van der Waals surface area contributed by atoms with Crippen molar-refractivity contribution in [3.63, 3.8) is 0 Å². The van der Waals surface area contributed by atoms with Crippen molar-refractivity contribution in [2.75, 3.05) is 14.2 Å². The molecule has 0 spiro atoms. The smallest absolute Gasteiger partial charge is 0.268 e. The fourth-order valence-electron chi connectivity index (χ4n) is 2.20. The Morgan fingerprint density at radius 2 is 1.79 bits per heavy atom. The lowest BCUT2D eigenvalue weighted by Gasteiger charge is -2.10. The van der Waals surface area contributed by atoms with E-state index in [1.165, 1.54) is 4.57 Å². The molecule has 2 rings (SSSR count). The standard InChI is InChI=1S/C17H15N3O3S/c1-10-5-13(22-3)14(23-4)6-11(10)7-15-16(21)20(2)17(24-15)12(8-18)9-19/h5-7H,1-4H3. The Bertz CT molecular complexity index is 1030. The number of hydrogen-bond donors (Lipinski definition) is 0. The lowest BCUT2D eigenvalue weighted by molar-refractivity contribution is 0.354. The number of thiazole rings is 1. The highest BCUT2D eigenvalue weighted by molar-refractivity contribution is 7.07. The number of methoxy groups -OCH3 is 2. The van der Waals surface area contributed by atoms with E-state index in [-0.39, 0.29) is 11.1 Å². The molecule has 0 unspecified atom stereocenters. The minimum absolute atomic E-state index is 0.0803. The van der Waals surface area contributed by atoms with Gasteiger partial charge in [-0.25, -0.2) is 0 Å². The van der Waals surface area contributed by atoms with Gasteiger partial charge in [0.1, 0.15) is 16.8 Å². The van der Waals surface area contributed by atoms with E-state index in [9.17, 15) is 4.79 Å². The zero-order chi connectivity index (χ0) is 17.9. The maximum absolute atomic E-state index is 12.4. The van der Waals surface area contributed by atoms with E-state index >= 15 is 0 Å². The van der Waals surface area contributed by atoms with Gasteiger partial charge in [-0.2, -0.15) is 10.5 Å². The Morgan fingerprint density at radius 3 is 2.33 bits per heavy atom. The van der Waals surface area contributed by atoms with Crippen molar-refractivity contribution >= 4 is 23.0 Å². The maximum Gasteiger partial charge on any atom is 0.268 e. The third-order valence-corrected chi connectivity index (χ3v) is 4.71. The molecule has 0 saturated heterocycles. The van der Waals surface area contributed by atoms with Crippen LogP contribution in [0.15, 0.2) is 16.9 Å². The van der Waals surface area contributed by atoms with Crippen LogP contribution in [-0.4, -0.2) is 18.8 Å². The summed E-state index contributed by atoms with van der Waals surface area (Å²) in [6.07, 6.45) is 1.72. The second-order valence-electron chi connectivity index (χ2n) is 4.94. The Morgan fingerprint density at radius 1 is 1.21 bits per heavy atom. The summed E-state index contributed by atoms with van der Waals surface area (Å²) < 4.78 is 12.6. The van der Waals surface area contributed by atoms with Gasteiger partial charge >= 0.3 is 0 Å². The first kappa shape index (κ1) is 17.3. The van der Waals surface area contributed by atoms with Gasteiger partial charge in [0.15, 0.2) is 17.1 Å². The monoisotopic (exact) mass is 341 g/mol. The summed E-state index contributed by atoms with van der Waals surface area (Å²) in [6.45, 7) is 1.90. The van der Waals surface area contributed by atoms with Crippen LogP contribution in [0.3, 0.4) is 0 Å². The van der Waals surface area contributed by atoms with E-state index in [4.69, 9.17) is 20.0 Å². The van der Waals surface area contributed by atoms with Crippen molar-refractivity contribution in [2.45, 2.75) is 6.92 Å². The summed E-state index contributed by atoms with van der Waals surface area (Å²) in [5.74, 6) is 1.17. The van der Waals surface area contributed by atoms with Gasteiger partial charge < -0.3 is 14.0 Å². The highest BCUT2D eigenvalue weighted by Gasteiger charge is 2.09. The molecule has 2 aromatic rings. The number of hydrogen-bond acceptors (Lipinski definition) is 6. The van der Waals surface area contributed by atoms with Crippen molar-refractivity contribution < 1.29 is 9.47 Å². The summed E-state index contributed by atoms with van der Waals surface area (Å²) in [5, 5.41) is 18.0. The first-order valence-corrected chi connectivity index (χ1v) is 7.73. The Hall–Kier alpha value is -3.03. The maximum atomic E-state index is 12.4. The first-order chi connectivity index (χ1) is 11.5. The molecule has 0 aliphatic carbocycles. The molecule has 0 radical (unpaired) electrons. The molecule has 24 heavy (non-hydrogen) atoms. The first-order valence-electron chi connectivity index (χ1n) is 6.91. The van der Waals surface area contributed by atoms with Gasteiger partial charge in [-0.05, 0) is 36.3 Å². The van der Waals surface area contributed by atoms with E-state index in [0.29, 0.717) is 20.7 Å². The summed E-state index contributed by atoms with van der Waals surface area (Å²) in [6, 6.07) is 7.24. The molecule has 1 heterocycles. The molecule has 0 N–H and O–H groups in total. The summed E-state index contributed by atoms with van der Waals surface area (Å²) in [7, 11) is 4.64. The second kappa shape index (κ2) is 7.03. The Balaban J connectivity index is 2.78. The normalized spacial score (nSPS) is 10.8. The summed E-state index contributed by atoms with van der Waals surface area (Å²) in [5.41, 5.74) is 1.37. The van der Waals surface area contributed by atoms with Crippen molar-refractivity contribution in [1.82, 2.24) is 4.57 Å². The molecule has 7 heteroatoms. The number of nitrogens with zero attached hydrogens (tertiary/aromatic N) is 3. The lowest BCUT2D eigenvalue weighted by atomic mass is 10.1. The highest BCUT2D eigenvalue weighted by atomic mass is 32.1. The predicted molar refractivity (Wildman–Crippen MR) is 91.3 cm³/mol. The topological polar surface area (TPSA) is 88.0 Å². The van der Waals surface area contributed by atoms with Crippen LogP contribution >= 0.6 is 11.3 Å². The molecule has 1 aromatic heterocycles. The van der Waals surface area contributed by atoms with E-state index in [0.717, 1.165) is 22.5 Å². The molecule has 6 nitrogen and oxygen atoms in total. The third-order valence-electron chi connectivity index (χ3n) is 3.52. The fourth-order valence-corrected chi connectivity index (χ4v) is 3.23. The van der Waals surface area contributed by atoms with Gasteiger partial charge in [0.05, 0.1) is 18.8 Å². The van der Waals surface area contributed by atoms with Gasteiger partial charge in [-0.15, -0.1) is 11.3 Å².